The molecule has 2 heterocycles. The average molecular weight is 287 g/mol. The summed E-state index contributed by atoms with van der Waals surface area (Å²) in [6, 6.07) is 3.61. The number of aromatic nitrogens is 2. The van der Waals surface area contributed by atoms with Crippen LogP contribution in [0.25, 0.3) is 11.3 Å². The van der Waals surface area contributed by atoms with Crippen molar-refractivity contribution in [2.45, 2.75) is 25.8 Å². The monoisotopic (exact) mass is 287 g/mol. The molecule has 20 heavy (non-hydrogen) atoms. The van der Waals surface area contributed by atoms with Crippen LogP contribution in [0.15, 0.2) is 21.6 Å². The molecule has 1 saturated carbocycles. The van der Waals surface area contributed by atoms with E-state index in [1.165, 1.54) is 22.4 Å². The molecule has 0 aromatic carbocycles. The Bertz CT molecular complexity index is 724. The van der Waals surface area contributed by atoms with Gasteiger partial charge in [0.1, 0.15) is 11.8 Å². The number of nitrogens with zero attached hydrogens (tertiary/aromatic N) is 3. The second-order valence-electron chi connectivity index (χ2n) is 4.98. The van der Waals surface area contributed by atoms with Gasteiger partial charge >= 0.3 is 0 Å². The molecule has 2 aromatic heterocycles. The maximum atomic E-state index is 12.1. The Balaban J connectivity index is 2.12. The number of hydrogen-bond acceptors (Lipinski definition) is 5. The summed E-state index contributed by atoms with van der Waals surface area (Å²) in [5.74, 6) is 0.132. The molecule has 0 bridgehead atoms. The van der Waals surface area contributed by atoms with E-state index in [-0.39, 0.29) is 11.3 Å². The summed E-state index contributed by atoms with van der Waals surface area (Å²) in [5, 5.41) is 27.1. The first-order valence-corrected chi connectivity index (χ1v) is 7.41. The molecular weight excluding hydrogens is 274 g/mol. The van der Waals surface area contributed by atoms with E-state index in [1.807, 2.05) is 16.8 Å². The minimum atomic E-state index is -0.504. The highest BCUT2D eigenvalue weighted by Crippen LogP contribution is 2.31. The van der Waals surface area contributed by atoms with Crippen molar-refractivity contribution < 1.29 is 5.11 Å². The molecule has 5 nitrogen and oxygen atoms in total. The van der Waals surface area contributed by atoms with E-state index >= 15 is 0 Å². The lowest BCUT2D eigenvalue weighted by Gasteiger charge is -2.25. The van der Waals surface area contributed by atoms with Gasteiger partial charge in [0.25, 0.3) is 5.56 Å². The van der Waals surface area contributed by atoms with E-state index in [1.54, 1.807) is 6.07 Å². The summed E-state index contributed by atoms with van der Waals surface area (Å²) in [7, 11) is 0. The number of rotatable bonds is 3. The van der Waals surface area contributed by atoms with Gasteiger partial charge in [-0.25, -0.2) is 4.68 Å². The van der Waals surface area contributed by atoms with E-state index in [2.05, 4.69) is 5.10 Å². The zero-order valence-electron chi connectivity index (χ0n) is 10.7. The van der Waals surface area contributed by atoms with E-state index in [0.29, 0.717) is 18.2 Å². The third kappa shape index (κ3) is 2.10. The first-order valence-electron chi connectivity index (χ1n) is 6.47. The quantitative estimate of drug-likeness (QED) is 0.939. The highest BCUT2D eigenvalue weighted by atomic mass is 32.1. The average Bonchev–Trinajstić information content (AvgIpc) is 2.90. The molecule has 1 aliphatic carbocycles. The molecule has 6 heteroatoms. The van der Waals surface area contributed by atoms with Crippen LogP contribution in [-0.2, 0) is 6.54 Å². The molecule has 1 fully saturated rings. The van der Waals surface area contributed by atoms with Crippen LogP contribution in [0.1, 0.15) is 24.8 Å². The van der Waals surface area contributed by atoms with Crippen LogP contribution in [0, 0.1) is 17.2 Å². The zero-order valence-corrected chi connectivity index (χ0v) is 11.6. The van der Waals surface area contributed by atoms with Crippen molar-refractivity contribution >= 4 is 11.3 Å². The van der Waals surface area contributed by atoms with Crippen molar-refractivity contribution in [2.24, 2.45) is 5.92 Å². The third-order valence-electron chi connectivity index (χ3n) is 3.69. The number of aromatic hydroxyl groups is 1. The Labute approximate surface area is 119 Å². The Morgan fingerprint density at radius 3 is 2.90 bits per heavy atom. The van der Waals surface area contributed by atoms with Crippen LogP contribution in [0.4, 0.5) is 0 Å². The van der Waals surface area contributed by atoms with Gasteiger partial charge in [0, 0.05) is 17.5 Å². The second-order valence-corrected chi connectivity index (χ2v) is 5.76. The molecule has 0 unspecified atom stereocenters. The van der Waals surface area contributed by atoms with Crippen LogP contribution in [-0.4, -0.2) is 14.9 Å². The Morgan fingerprint density at radius 1 is 1.55 bits per heavy atom. The molecule has 1 aliphatic rings. The van der Waals surface area contributed by atoms with Gasteiger partial charge in [-0.05, 0) is 30.2 Å². The van der Waals surface area contributed by atoms with Crippen LogP contribution < -0.4 is 5.56 Å². The molecule has 2 aromatic rings. The topological polar surface area (TPSA) is 78.9 Å². The van der Waals surface area contributed by atoms with E-state index in [9.17, 15) is 9.90 Å². The molecule has 102 valence electrons. The lowest BCUT2D eigenvalue weighted by atomic mass is 9.85. The van der Waals surface area contributed by atoms with Crippen molar-refractivity contribution in [3.05, 3.63) is 32.7 Å². The fraction of sp³-hybridized carbons (Fsp3) is 0.357. The first kappa shape index (κ1) is 12.9. The molecule has 0 radical (unpaired) electrons. The summed E-state index contributed by atoms with van der Waals surface area (Å²) < 4.78 is 1.33. The van der Waals surface area contributed by atoms with Gasteiger partial charge in [-0.3, -0.25) is 4.79 Å². The lowest BCUT2D eigenvalue weighted by Crippen LogP contribution is -2.31. The van der Waals surface area contributed by atoms with Gasteiger partial charge in [0.2, 0.25) is 0 Å². The molecule has 0 spiro atoms. The van der Waals surface area contributed by atoms with Gasteiger partial charge in [-0.15, -0.1) is 0 Å². The summed E-state index contributed by atoms with van der Waals surface area (Å²) in [4.78, 5) is 12.1. The molecular formula is C14H13N3O2S. The third-order valence-corrected chi connectivity index (χ3v) is 4.38. The van der Waals surface area contributed by atoms with E-state index in [0.717, 1.165) is 18.4 Å². The minimum Gasteiger partial charge on any atom is -0.504 e. The summed E-state index contributed by atoms with van der Waals surface area (Å²) in [5.41, 5.74) is 0.310. The highest BCUT2D eigenvalue weighted by molar-refractivity contribution is 7.08. The standard InChI is InChI=1S/C14H13N3O2S/c15-6-11-13(18)12(10-4-5-20-8-10)16-17(14(11)19)7-9-2-1-3-9/h4-5,8-9,18H,1-3,7H2. The van der Waals surface area contributed by atoms with Crippen molar-refractivity contribution in [3.8, 4) is 23.1 Å². The molecule has 0 saturated heterocycles. The van der Waals surface area contributed by atoms with Gasteiger partial charge < -0.3 is 5.11 Å². The minimum absolute atomic E-state index is 0.222. The van der Waals surface area contributed by atoms with Crippen LogP contribution in [0.3, 0.4) is 0 Å². The van der Waals surface area contributed by atoms with Crippen molar-refractivity contribution in [1.82, 2.24) is 9.78 Å². The number of nitriles is 1. The molecule has 3 rings (SSSR count). The molecule has 0 atom stereocenters. The number of hydrogen-bond donors (Lipinski definition) is 1. The van der Waals surface area contributed by atoms with Gasteiger partial charge in [-0.2, -0.15) is 21.7 Å². The van der Waals surface area contributed by atoms with Crippen molar-refractivity contribution in [1.29, 1.82) is 5.26 Å². The smallest absolute Gasteiger partial charge is 0.288 e. The predicted octanol–water partition coefficient (Wildman–Crippen LogP) is 2.35. The van der Waals surface area contributed by atoms with E-state index < -0.39 is 5.56 Å². The first-order chi connectivity index (χ1) is 9.70. The lowest BCUT2D eigenvalue weighted by molar-refractivity contribution is 0.261. The normalized spacial score (nSPS) is 14.8. The van der Waals surface area contributed by atoms with Gasteiger partial charge in [0.15, 0.2) is 11.3 Å². The van der Waals surface area contributed by atoms with Gasteiger partial charge in [-0.1, -0.05) is 6.42 Å². The Morgan fingerprint density at radius 2 is 2.35 bits per heavy atom. The Kier molecular flexibility index (Phi) is 3.28. The summed E-state index contributed by atoms with van der Waals surface area (Å²) >= 11 is 1.47. The number of thiophene rings is 1. The van der Waals surface area contributed by atoms with Crippen LogP contribution in [0.2, 0.25) is 0 Å². The molecule has 0 aliphatic heterocycles. The maximum Gasteiger partial charge on any atom is 0.288 e. The Hall–Kier alpha value is -2.13. The largest absolute Gasteiger partial charge is 0.504 e. The highest BCUT2D eigenvalue weighted by Gasteiger charge is 2.23. The summed E-state index contributed by atoms with van der Waals surface area (Å²) in [6.45, 7) is 0.519. The SMILES string of the molecule is N#Cc1c(O)c(-c2ccsc2)nn(CC2CCC2)c1=O. The zero-order chi connectivity index (χ0) is 14.1. The fourth-order valence-electron chi connectivity index (χ4n) is 2.30. The van der Waals surface area contributed by atoms with Crippen LogP contribution in [0.5, 0.6) is 5.75 Å². The van der Waals surface area contributed by atoms with Gasteiger partial charge in [0.05, 0.1) is 0 Å². The van der Waals surface area contributed by atoms with E-state index in [4.69, 9.17) is 5.26 Å². The summed E-state index contributed by atoms with van der Waals surface area (Å²) in [6.07, 6.45) is 3.36. The predicted molar refractivity (Wildman–Crippen MR) is 75.5 cm³/mol. The van der Waals surface area contributed by atoms with Crippen molar-refractivity contribution in [2.75, 3.05) is 0 Å². The maximum absolute atomic E-state index is 12.1. The molecule has 0 amide bonds. The molecule has 1 N–H and O–H groups in total. The fourth-order valence-corrected chi connectivity index (χ4v) is 2.94. The van der Waals surface area contributed by atoms with Crippen LogP contribution >= 0.6 is 11.3 Å². The van der Waals surface area contributed by atoms with Crippen molar-refractivity contribution in [3.63, 3.8) is 0 Å². The second kappa shape index (κ2) is 5.10.